The summed E-state index contributed by atoms with van der Waals surface area (Å²) >= 11 is 0. The number of nitrogens with zero attached hydrogens (tertiary/aromatic N) is 1. The van der Waals surface area contributed by atoms with Gasteiger partial charge < -0.3 is 14.8 Å². The van der Waals surface area contributed by atoms with E-state index in [9.17, 15) is 14.9 Å². The number of para-hydroxylation sites is 1. The van der Waals surface area contributed by atoms with Crippen LogP contribution in [-0.2, 0) is 0 Å². The summed E-state index contributed by atoms with van der Waals surface area (Å²) in [7, 11) is 1.39. The first-order chi connectivity index (χ1) is 11.9. The van der Waals surface area contributed by atoms with Crippen LogP contribution in [0.5, 0.6) is 11.5 Å². The number of hydrogen-bond acceptors (Lipinski definition) is 5. The highest BCUT2D eigenvalue weighted by molar-refractivity contribution is 6.08. The van der Waals surface area contributed by atoms with Crippen LogP contribution < -0.4 is 14.8 Å². The minimum atomic E-state index is -0.613. The van der Waals surface area contributed by atoms with E-state index in [1.165, 1.54) is 19.2 Å². The molecule has 0 spiro atoms. The Bertz CT molecular complexity index is 797. The quantitative estimate of drug-likeness (QED) is 0.634. The van der Waals surface area contributed by atoms with E-state index in [-0.39, 0.29) is 22.7 Å². The molecule has 1 N–H and O–H groups in total. The Morgan fingerprint density at radius 3 is 2.36 bits per heavy atom. The van der Waals surface area contributed by atoms with Gasteiger partial charge in [-0.25, -0.2) is 0 Å². The first-order valence-corrected chi connectivity index (χ1v) is 7.75. The molecule has 0 aliphatic heterocycles. The summed E-state index contributed by atoms with van der Waals surface area (Å²) < 4.78 is 10.5. The van der Waals surface area contributed by atoms with Gasteiger partial charge in [0.1, 0.15) is 5.56 Å². The lowest BCUT2D eigenvalue weighted by molar-refractivity contribution is -0.385. The fourth-order valence-corrected chi connectivity index (χ4v) is 2.50. The molecule has 132 valence electrons. The number of carbonyl (C=O) groups is 1. The van der Waals surface area contributed by atoms with E-state index in [0.717, 1.165) is 11.1 Å². The average molecular weight is 344 g/mol. The maximum Gasteiger partial charge on any atom is 0.286 e. The Balaban J connectivity index is 2.50. The van der Waals surface area contributed by atoms with Crippen molar-refractivity contribution in [3.05, 3.63) is 57.1 Å². The monoisotopic (exact) mass is 344 g/mol. The van der Waals surface area contributed by atoms with Crippen molar-refractivity contribution in [2.45, 2.75) is 20.8 Å². The third-order valence-electron chi connectivity index (χ3n) is 3.74. The van der Waals surface area contributed by atoms with Crippen LogP contribution in [0.15, 0.2) is 30.3 Å². The number of rotatable bonds is 6. The van der Waals surface area contributed by atoms with E-state index in [0.29, 0.717) is 12.3 Å². The Morgan fingerprint density at radius 1 is 1.20 bits per heavy atom. The molecule has 2 rings (SSSR count). The lowest BCUT2D eigenvalue weighted by Gasteiger charge is -2.14. The van der Waals surface area contributed by atoms with Crippen LogP contribution in [0, 0.1) is 24.0 Å². The van der Waals surface area contributed by atoms with Crippen LogP contribution in [0.3, 0.4) is 0 Å². The zero-order valence-corrected chi connectivity index (χ0v) is 14.6. The zero-order valence-electron chi connectivity index (χ0n) is 14.6. The highest BCUT2D eigenvalue weighted by Gasteiger charge is 2.25. The van der Waals surface area contributed by atoms with Crippen molar-refractivity contribution in [1.82, 2.24) is 0 Å². The van der Waals surface area contributed by atoms with E-state index in [1.54, 1.807) is 6.92 Å². The molecule has 2 aromatic rings. The molecule has 0 atom stereocenters. The van der Waals surface area contributed by atoms with Gasteiger partial charge in [0.15, 0.2) is 11.5 Å². The van der Waals surface area contributed by atoms with Gasteiger partial charge in [-0.05, 0) is 31.9 Å². The summed E-state index contributed by atoms with van der Waals surface area (Å²) in [5.41, 5.74) is 1.95. The molecule has 0 fully saturated rings. The van der Waals surface area contributed by atoms with Crippen molar-refractivity contribution in [2.24, 2.45) is 0 Å². The summed E-state index contributed by atoms with van der Waals surface area (Å²) in [5.74, 6) is -0.0906. The number of ether oxygens (including phenoxy) is 2. The molecule has 0 saturated heterocycles. The fraction of sp³-hybridized carbons (Fsp3) is 0.278. The van der Waals surface area contributed by atoms with E-state index in [2.05, 4.69) is 5.32 Å². The van der Waals surface area contributed by atoms with E-state index >= 15 is 0 Å². The van der Waals surface area contributed by atoms with Gasteiger partial charge in [0.25, 0.3) is 11.6 Å². The molecule has 0 saturated carbocycles. The van der Waals surface area contributed by atoms with Crippen LogP contribution in [0.2, 0.25) is 0 Å². The number of nitro groups is 1. The third-order valence-corrected chi connectivity index (χ3v) is 3.74. The van der Waals surface area contributed by atoms with Crippen LogP contribution in [0.25, 0.3) is 0 Å². The largest absolute Gasteiger partial charge is 0.493 e. The molecule has 1 amide bonds. The van der Waals surface area contributed by atoms with Gasteiger partial charge in [0.2, 0.25) is 0 Å². The van der Waals surface area contributed by atoms with Crippen molar-refractivity contribution >= 4 is 17.3 Å². The molecule has 0 aliphatic carbocycles. The summed E-state index contributed by atoms with van der Waals surface area (Å²) in [5, 5.41) is 14.1. The van der Waals surface area contributed by atoms with Gasteiger partial charge in [-0.15, -0.1) is 0 Å². The van der Waals surface area contributed by atoms with Crippen molar-refractivity contribution in [1.29, 1.82) is 0 Å². The highest BCUT2D eigenvalue weighted by atomic mass is 16.6. The molecule has 0 bridgehead atoms. The summed E-state index contributed by atoms with van der Waals surface area (Å²) in [4.78, 5) is 23.5. The van der Waals surface area contributed by atoms with Gasteiger partial charge in [0, 0.05) is 11.8 Å². The molecule has 2 aromatic carbocycles. The topological polar surface area (TPSA) is 90.7 Å². The van der Waals surface area contributed by atoms with E-state index in [1.807, 2.05) is 32.0 Å². The first kappa shape index (κ1) is 18.3. The number of anilines is 1. The minimum absolute atomic E-state index is 0.0862. The predicted molar refractivity (Wildman–Crippen MR) is 94.7 cm³/mol. The van der Waals surface area contributed by atoms with Crippen molar-refractivity contribution in [3.8, 4) is 11.5 Å². The Kier molecular flexibility index (Phi) is 5.59. The molecule has 7 heteroatoms. The molecular formula is C18H20N2O5. The number of aryl methyl sites for hydroxylation is 2. The van der Waals surface area contributed by atoms with Gasteiger partial charge >= 0.3 is 0 Å². The predicted octanol–water partition coefficient (Wildman–Crippen LogP) is 3.87. The zero-order chi connectivity index (χ0) is 18.6. The smallest absolute Gasteiger partial charge is 0.286 e. The second kappa shape index (κ2) is 7.65. The van der Waals surface area contributed by atoms with Gasteiger partial charge in [-0.3, -0.25) is 14.9 Å². The maximum absolute atomic E-state index is 12.7. The highest BCUT2D eigenvalue weighted by Crippen LogP contribution is 2.35. The number of nitro benzene ring substituents is 1. The number of benzene rings is 2. The Hall–Kier alpha value is -3.09. The number of methoxy groups -OCH3 is 1. The minimum Gasteiger partial charge on any atom is -0.493 e. The summed E-state index contributed by atoms with van der Waals surface area (Å²) in [6.45, 7) is 5.83. The number of hydrogen-bond donors (Lipinski definition) is 1. The average Bonchev–Trinajstić information content (AvgIpc) is 2.57. The number of carbonyl (C=O) groups excluding carboxylic acids is 1. The SMILES string of the molecule is CCOc1cc(C(=O)Nc2c(C)cccc2C)c([N+](=O)[O-])cc1OC. The summed E-state index contributed by atoms with van der Waals surface area (Å²) in [6, 6.07) is 8.13. The van der Waals surface area contributed by atoms with E-state index < -0.39 is 10.8 Å². The van der Waals surface area contributed by atoms with Crippen LogP contribution in [-0.4, -0.2) is 24.5 Å². The molecule has 7 nitrogen and oxygen atoms in total. The van der Waals surface area contributed by atoms with Crippen molar-refractivity contribution in [3.63, 3.8) is 0 Å². The van der Waals surface area contributed by atoms with Gasteiger partial charge in [0.05, 0.1) is 24.7 Å². The molecule has 0 unspecified atom stereocenters. The lowest BCUT2D eigenvalue weighted by atomic mass is 10.1. The normalized spacial score (nSPS) is 10.2. The summed E-state index contributed by atoms with van der Waals surface area (Å²) in [6.07, 6.45) is 0. The maximum atomic E-state index is 12.7. The molecule has 0 radical (unpaired) electrons. The Labute approximate surface area is 145 Å². The number of amides is 1. The second-order valence-corrected chi connectivity index (χ2v) is 5.43. The van der Waals surface area contributed by atoms with Crippen molar-refractivity contribution in [2.75, 3.05) is 19.0 Å². The standard InChI is InChI=1S/C18H20N2O5/c1-5-25-16-9-13(14(20(22)23)10-15(16)24-4)18(21)19-17-11(2)7-6-8-12(17)3/h6-10H,5H2,1-4H3,(H,19,21). The first-order valence-electron chi connectivity index (χ1n) is 7.75. The molecule has 0 aromatic heterocycles. The molecule has 25 heavy (non-hydrogen) atoms. The van der Waals surface area contributed by atoms with E-state index in [4.69, 9.17) is 9.47 Å². The second-order valence-electron chi connectivity index (χ2n) is 5.43. The van der Waals surface area contributed by atoms with Crippen molar-refractivity contribution < 1.29 is 19.2 Å². The molecular weight excluding hydrogens is 324 g/mol. The fourth-order valence-electron chi connectivity index (χ4n) is 2.50. The van der Waals surface area contributed by atoms with Gasteiger partial charge in [-0.1, -0.05) is 18.2 Å². The molecule has 0 aliphatic rings. The van der Waals surface area contributed by atoms with Crippen LogP contribution >= 0.6 is 0 Å². The lowest BCUT2D eigenvalue weighted by Crippen LogP contribution is -2.16. The molecule has 0 heterocycles. The van der Waals surface area contributed by atoms with Gasteiger partial charge in [-0.2, -0.15) is 0 Å². The van der Waals surface area contributed by atoms with Crippen LogP contribution in [0.1, 0.15) is 28.4 Å². The Morgan fingerprint density at radius 2 is 1.84 bits per heavy atom. The van der Waals surface area contributed by atoms with Crippen LogP contribution in [0.4, 0.5) is 11.4 Å². The number of nitrogens with one attached hydrogen (secondary N) is 1. The third kappa shape index (κ3) is 3.88.